The normalized spacial score (nSPS) is 10.7. The molecular weight excluding hydrogens is 330 g/mol. The fourth-order valence-electron chi connectivity index (χ4n) is 2.33. The van der Waals surface area contributed by atoms with E-state index in [0.717, 1.165) is 11.0 Å². The van der Waals surface area contributed by atoms with E-state index in [2.05, 4.69) is 10.1 Å². The van der Waals surface area contributed by atoms with E-state index in [1.165, 1.54) is 29.5 Å². The van der Waals surface area contributed by atoms with Crippen LogP contribution in [-0.2, 0) is 4.79 Å². The van der Waals surface area contributed by atoms with E-state index in [1.54, 1.807) is 0 Å². The fourth-order valence-corrected chi connectivity index (χ4v) is 2.33. The summed E-state index contributed by atoms with van der Waals surface area (Å²) >= 11 is 0. The van der Waals surface area contributed by atoms with Crippen molar-refractivity contribution in [1.82, 2.24) is 19.7 Å². The van der Waals surface area contributed by atoms with E-state index in [4.69, 9.17) is 5.11 Å². The number of hydrogen-bond acceptors (Lipinski definition) is 6. The minimum Gasteiger partial charge on any atom is -0.480 e. The van der Waals surface area contributed by atoms with Gasteiger partial charge in [0.1, 0.15) is 24.9 Å². The predicted molar refractivity (Wildman–Crippen MR) is 86.4 cm³/mol. The molecule has 132 valence electrons. The Morgan fingerprint density at radius 2 is 2.12 bits per heavy atom. The lowest BCUT2D eigenvalue weighted by Crippen LogP contribution is -2.38. The van der Waals surface area contributed by atoms with Crippen LogP contribution in [0.4, 0.5) is 5.69 Å². The molecule has 1 N–H and O–H groups in total. The second kappa shape index (κ2) is 7.51. The van der Waals surface area contributed by atoms with Crippen molar-refractivity contribution in [3.8, 4) is 5.69 Å². The van der Waals surface area contributed by atoms with Gasteiger partial charge in [-0.15, -0.1) is 0 Å². The molecule has 0 saturated heterocycles. The molecule has 1 aromatic heterocycles. The number of nitro benzene ring substituents is 1. The van der Waals surface area contributed by atoms with E-state index >= 15 is 0 Å². The lowest BCUT2D eigenvalue weighted by atomic mass is 10.1. The van der Waals surface area contributed by atoms with Gasteiger partial charge in [0.05, 0.1) is 4.92 Å². The van der Waals surface area contributed by atoms with Crippen molar-refractivity contribution < 1.29 is 19.6 Å². The number of rotatable bonds is 7. The van der Waals surface area contributed by atoms with Gasteiger partial charge in [-0.2, -0.15) is 5.10 Å². The van der Waals surface area contributed by atoms with Crippen molar-refractivity contribution in [3.63, 3.8) is 0 Å². The molecule has 1 aromatic carbocycles. The van der Waals surface area contributed by atoms with E-state index in [0.29, 0.717) is 0 Å². The first-order valence-corrected chi connectivity index (χ1v) is 7.44. The zero-order valence-electron chi connectivity index (χ0n) is 13.7. The van der Waals surface area contributed by atoms with Gasteiger partial charge < -0.3 is 10.0 Å². The monoisotopic (exact) mass is 347 g/mol. The number of nitro groups is 1. The van der Waals surface area contributed by atoms with Crippen molar-refractivity contribution in [1.29, 1.82) is 0 Å². The molecule has 1 heterocycles. The van der Waals surface area contributed by atoms with Crippen molar-refractivity contribution in [2.75, 3.05) is 13.1 Å². The van der Waals surface area contributed by atoms with Crippen LogP contribution in [0.5, 0.6) is 0 Å². The van der Waals surface area contributed by atoms with Crippen LogP contribution >= 0.6 is 0 Å². The second-order valence-corrected chi connectivity index (χ2v) is 5.77. The molecule has 0 saturated carbocycles. The summed E-state index contributed by atoms with van der Waals surface area (Å²) < 4.78 is 1.22. The summed E-state index contributed by atoms with van der Waals surface area (Å²) in [5, 5.41) is 24.2. The fraction of sp³-hybridized carbons (Fsp3) is 0.333. The Labute approximate surface area is 142 Å². The van der Waals surface area contributed by atoms with E-state index in [9.17, 15) is 19.7 Å². The highest BCUT2D eigenvalue weighted by Crippen LogP contribution is 2.24. The SMILES string of the molecule is CC(C)CN(CC(=O)O)C(=O)c1ccc(-n2cncn2)c([N+](=O)[O-])c1. The van der Waals surface area contributed by atoms with Gasteiger partial charge in [0, 0.05) is 18.2 Å². The molecule has 1 amide bonds. The number of carbonyl (C=O) groups excluding carboxylic acids is 1. The zero-order valence-corrected chi connectivity index (χ0v) is 13.7. The van der Waals surface area contributed by atoms with Crippen LogP contribution in [0.25, 0.3) is 5.69 Å². The maximum Gasteiger partial charge on any atom is 0.323 e. The molecule has 10 heteroatoms. The Balaban J connectivity index is 2.40. The van der Waals surface area contributed by atoms with Crippen LogP contribution in [0, 0.1) is 16.0 Å². The summed E-state index contributed by atoms with van der Waals surface area (Å²) in [5.74, 6) is -1.68. The van der Waals surface area contributed by atoms with Gasteiger partial charge in [-0.1, -0.05) is 13.8 Å². The van der Waals surface area contributed by atoms with Crippen LogP contribution in [0.15, 0.2) is 30.9 Å². The molecular formula is C15H17N5O5. The molecule has 0 spiro atoms. The van der Waals surface area contributed by atoms with Crippen molar-refractivity contribution in [3.05, 3.63) is 46.5 Å². The molecule has 2 aromatic rings. The molecule has 0 aliphatic carbocycles. The molecule has 2 rings (SSSR count). The van der Waals surface area contributed by atoms with Crippen molar-refractivity contribution >= 4 is 17.6 Å². The summed E-state index contributed by atoms with van der Waals surface area (Å²) in [6.45, 7) is 3.44. The predicted octanol–water partition coefficient (Wildman–Crippen LogP) is 1.36. The first-order chi connectivity index (χ1) is 11.8. The largest absolute Gasteiger partial charge is 0.480 e. The Morgan fingerprint density at radius 3 is 2.64 bits per heavy atom. The number of carbonyl (C=O) groups is 2. The molecule has 0 bridgehead atoms. The molecule has 0 aliphatic heterocycles. The van der Waals surface area contributed by atoms with Crippen LogP contribution in [0.3, 0.4) is 0 Å². The topological polar surface area (TPSA) is 131 Å². The number of benzene rings is 1. The number of carboxylic acids is 1. The molecule has 0 fully saturated rings. The van der Waals surface area contributed by atoms with E-state index < -0.39 is 23.3 Å². The van der Waals surface area contributed by atoms with Gasteiger partial charge in [0.25, 0.3) is 11.6 Å². The lowest BCUT2D eigenvalue weighted by molar-refractivity contribution is -0.384. The highest BCUT2D eigenvalue weighted by atomic mass is 16.6. The van der Waals surface area contributed by atoms with E-state index in [-0.39, 0.29) is 29.4 Å². The highest BCUT2D eigenvalue weighted by Gasteiger charge is 2.24. The van der Waals surface area contributed by atoms with Gasteiger partial charge in [0.2, 0.25) is 0 Å². The van der Waals surface area contributed by atoms with Crippen molar-refractivity contribution in [2.24, 2.45) is 5.92 Å². The van der Waals surface area contributed by atoms with Crippen LogP contribution in [-0.4, -0.2) is 54.7 Å². The Hall–Kier alpha value is -3.30. The summed E-state index contributed by atoms with van der Waals surface area (Å²) in [7, 11) is 0. The third-order valence-corrected chi connectivity index (χ3v) is 3.28. The molecule has 0 aliphatic rings. The number of amides is 1. The molecule has 10 nitrogen and oxygen atoms in total. The van der Waals surface area contributed by atoms with Gasteiger partial charge >= 0.3 is 5.97 Å². The third-order valence-electron chi connectivity index (χ3n) is 3.28. The number of aromatic nitrogens is 3. The van der Waals surface area contributed by atoms with Gasteiger partial charge in [-0.3, -0.25) is 19.7 Å². The van der Waals surface area contributed by atoms with Gasteiger partial charge in [-0.05, 0) is 18.1 Å². The highest BCUT2D eigenvalue weighted by molar-refractivity contribution is 5.96. The average Bonchev–Trinajstić information content (AvgIpc) is 3.06. The number of aliphatic carboxylic acids is 1. The maximum atomic E-state index is 12.6. The molecule has 0 radical (unpaired) electrons. The van der Waals surface area contributed by atoms with Crippen LogP contribution < -0.4 is 0 Å². The molecule has 25 heavy (non-hydrogen) atoms. The summed E-state index contributed by atoms with van der Waals surface area (Å²) in [5.41, 5.74) is -0.124. The Bertz CT molecular complexity index is 788. The first kappa shape index (κ1) is 18.0. The standard InChI is InChI=1S/C15H17N5O5/c1-10(2)6-18(7-14(21)22)15(23)11-3-4-12(13(5-11)20(24)25)19-9-16-8-17-19/h3-5,8-10H,6-7H2,1-2H3,(H,21,22). The summed E-state index contributed by atoms with van der Waals surface area (Å²) in [4.78, 5) is 39.2. The third kappa shape index (κ3) is 4.37. The summed E-state index contributed by atoms with van der Waals surface area (Å²) in [6.07, 6.45) is 2.54. The van der Waals surface area contributed by atoms with Crippen LogP contribution in [0.1, 0.15) is 24.2 Å². The Kier molecular flexibility index (Phi) is 5.42. The zero-order chi connectivity index (χ0) is 18.6. The number of nitrogens with zero attached hydrogens (tertiary/aromatic N) is 5. The van der Waals surface area contributed by atoms with Crippen LogP contribution in [0.2, 0.25) is 0 Å². The minimum absolute atomic E-state index is 0.0393. The smallest absolute Gasteiger partial charge is 0.323 e. The van der Waals surface area contributed by atoms with Crippen molar-refractivity contribution in [2.45, 2.75) is 13.8 Å². The summed E-state index contributed by atoms with van der Waals surface area (Å²) in [6, 6.07) is 3.91. The lowest BCUT2D eigenvalue weighted by Gasteiger charge is -2.22. The first-order valence-electron chi connectivity index (χ1n) is 7.44. The minimum atomic E-state index is -1.15. The second-order valence-electron chi connectivity index (χ2n) is 5.77. The maximum absolute atomic E-state index is 12.6. The van der Waals surface area contributed by atoms with E-state index in [1.807, 2.05) is 13.8 Å². The van der Waals surface area contributed by atoms with Gasteiger partial charge in [0.15, 0.2) is 0 Å². The Morgan fingerprint density at radius 1 is 1.40 bits per heavy atom. The average molecular weight is 347 g/mol. The quantitative estimate of drug-likeness (QED) is 0.590. The number of hydrogen-bond donors (Lipinski definition) is 1. The van der Waals surface area contributed by atoms with Gasteiger partial charge in [-0.25, -0.2) is 9.67 Å². The molecule has 0 unspecified atom stereocenters. The molecule has 0 atom stereocenters. The number of carboxylic acid groups (broad SMARTS) is 1.